The molecule has 0 aliphatic heterocycles. The van der Waals surface area contributed by atoms with Crippen LogP contribution in [-0.2, 0) is 4.79 Å². The van der Waals surface area contributed by atoms with E-state index in [0.29, 0.717) is 11.3 Å². The molecule has 2 rings (SSSR count). The van der Waals surface area contributed by atoms with E-state index in [4.69, 9.17) is 0 Å². The van der Waals surface area contributed by atoms with Crippen LogP contribution in [0.5, 0.6) is 0 Å². The van der Waals surface area contributed by atoms with Gasteiger partial charge in [0.1, 0.15) is 5.82 Å². The molecule has 1 aromatic heterocycles. The minimum Gasteiger partial charge on any atom is -0.363 e. The second-order valence-corrected chi connectivity index (χ2v) is 5.22. The first-order valence-electron chi connectivity index (χ1n) is 7.33. The molecule has 2 aromatic rings. The number of carbonyl (C=O) groups is 2. The second-order valence-electron chi connectivity index (χ2n) is 5.22. The zero-order chi connectivity index (χ0) is 16.7. The van der Waals surface area contributed by atoms with Crippen molar-refractivity contribution in [2.45, 2.75) is 6.42 Å². The number of nitrogens with one attached hydrogen (secondary N) is 2. The minimum absolute atomic E-state index is 0.169. The highest BCUT2D eigenvalue weighted by atomic mass is 16.2. The number of hydrogen-bond acceptors (Lipinski definition) is 4. The smallest absolute Gasteiger partial charge is 0.251 e. The quantitative estimate of drug-likeness (QED) is 0.854. The van der Waals surface area contributed by atoms with E-state index in [0.717, 1.165) is 5.82 Å². The number of hydrogen-bond donors (Lipinski definition) is 2. The Balaban J connectivity index is 1.76. The largest absolute Gasteiger partial charge is 0.363 e. The van der Waals surface area contributed by atoms with Gasteiger partial charge in [0, 0.05) is 32.6 Å². The number of rotatable bonds is 6. The molecular weight excluding hydrogens is 292 g/mol. The van der Waals surface area contributed by atoms with Crippen molar-refractivity contribution in [3.8, 4) is 0 Å². The third kappa shape index (κ3) is 5.10. The van der Waals surface area contributed by atoms with Gasteiger partial charge in [-0.25, -0.2) is 4.98 Å². The van der Waals surface area contributed by atoms with E-state index in [1.54, 1.807) is 36.5 Å². The Labute approximate surface area is 135 Å². The van der Waals surface area contributed by atoms with Crippen molar-refractivity contribution in [2.24, 2.45) is 0 Å². The predicted molar refractivity (Wildman–Crippen MR) is 90.6 cm³/mol. The molecule has 0 saturated carbocycles. The summed E-state index contributed by atoms with van der Waals surface area (Å²) in [5.74, 6) is 0.464. The minimum atomic E-state index is -0.185. The molecule has 0 bridgehead atoms. The molecule has 0 atom stereocenters. The Kier molecular flexibility index (Phi) is 5.68. The Morgan fingerprint density at radius 2 is 1.83 bits per heavy atom. The van der Waals surface area contributed by atoms with Crippen molar-refractivity contribution >= 4 is 23.3 Å². The Morgan fingerprint density at radius 3 is 2.43 bits per heavy atom. The van der Waals surface area contributed by atoms with Crippen molar-refractivity contribution in [1.82, 2.24) is 10.3 Å². The van der Waals surface area contributed by atoms with Gasteiger partial charge in [0.2, 0.25) is 5.91 Å². The van der Waals surface area contributed by atoms with Crippen LogP contribution in [0.4, 0.5) is 11.5 Å². The lowest BCUT2D eigenvalue weighted by Crippen LogP contribution is -2.27. The number of amides is 2. The van der Waals surface area contributed by atoms with Crippen molar-refractivity contribution in [3.63, 3.8) is 0 Å². The summed E-state index contributed by atoms with van der Waals surface area (Å²) in [6.07, 6.45) is 1.81. The van der Waals surface area contributed by atoms with E-state index in [1.807, 2.05) is 31.1 Å². The van der Waals surface area contributed by atoms with Crippen LogP contribution in [0.25, 0.3) is 0 Å². The monoisotopic (exact) mass is 312 g/mol. The summed E-state index contributed by atoms with van der Waals surface area (Å²) in [7, 11) is 3.80. The van der Waals surface area contributed by atoms with Gasteiger partial charge < -0.3 is 15.5 Å². The number of aromatic nitrogens is 1. The predicted octanol–water partition coefficient (Wildman–Crippen LogP) is 1.91. The zero-order valence-corrected chi connectivity index (χ0v) is 13.2. The van der Waals surface area contributed by atoms with Crippen LogP contribution in [0.1, 0.15) is 16.8 Å². The second kappa shape index (κ2) is 7.93. The Bertz CT molecular complexity index is 654. The zero-order valence-electron chi connectivity index (χ0n) is 13.2. The molecule has 0 aliphatic carbocycles. The summed E-state index contributed by atoms with van der Waals surface area (Å²) in [6.45, 7) is 0.281. The fourth-order valence-corrected chi connectivity index (χ4v) is 1.93. The molecule has 23 heavy (non-hydrogen) atoms. The van der Waals surface area contributed by atoms with Crippen LogP contribution in [0, 0.1) is 0 Å². The van der Waals surface area contributed by atoms with Gasteiger partial charge in [0.05, 0.1) is 11.9 Å². The molecule has 2 amide bonds. The number of anilines is 2. The first-order chi connectivity index (χ1) is 11.1. The van der Waals surface area contributed by atoms with Crippen molar-refractivity contribution in [2.75, 3.05) is 30.9 Å². The third-order valence-corrected chi connectivity index (χ3v) is 3.16. The van der Waals surface area contributed by atoms with Crippen LogP contribution in [0.15, 0.2) is 48.7 Å². The van der Waals surface area contributed by atoms with Crippen molar-refractivity contribution in [1.29, 1.82) is 0 Å². The topological polar surface area (TPSA) is 74.3 Å². The van der Waals surface area contributed by atoms with E-state index in [-0.39, 0.29) is 24.8 Å². The van der Waals surface area contributed by atoms with Gasteiger partial charge in [-0.1, -0.05) is 18.2 Å². The lowest BCUT2D eigenvalue weighted by Gasteiger charge is -2.11. The number of nitrogens with zero attached hydrogens (tertiary/aromatic N) is 2. The van der Waals surface area contributed by atoms with Crippen LogP contribution in [-0.4, -0.2) is 37.4 Å². The van der Waals surface area contributed by atoms with Gasteiger partial charge in [0.15, 0.2) is 0 Å². The Hall–Kier alpha value is -2.89. The molecule has 0 spiro atoms. The van der Waals surface area contributed by atoms with E-state index in [2.05, 4.69) is 15.6 Å². The maximum atomic E-state index is 11.8. The molecule has 0 radical (unpaired) electrons. The van der Waals surface area contributed by atoms with Crippen LogP contribution in [0.3, 0.4) is 0 Å². The van der Waals surface area contributed by atoms with E-state index in [1.165, 1.54) is 0 Å². The first kappa shape index (κ1) is 16.5. The summed E-state index contributed by atoms with van der Waals surface area (Å²) >= 11 is 0. The molecule has 6 heteroatoms. The van der Waals surface area contributed by atoms with Crippen LogP contribution in [0.2, 0.25) is 0 Å². The molecule has 120 valence electrons. The highest BCUT2D eigenvalue weighted by molar-refractivity contribution is 5.95. The average molecular weight is 312 g/mol. The summed E-state index contributed by atoms with van der Waals surface area (Å²) in [6, 6.07) is 12.5. The molecule has 0 fully saturated rings. The van der Waals surface area contributed by atoms with Gasteiger partial charge in [-0.2, -0.15) is 0 Å². The lowest BCUT2D eigenvalue weighted by atomic mass is 10.2. The number of benzene rings is 1. The number of pyridine rings is 1. The summed E-state index contributed by atoms with van der Waals surface area (Å²) < 4.78 is 0. The van der Waals surface area contributed by atoms with Crippen LogP contribution >= 0.6 is 0 Å². The normalized spacial score (nSPS) is 10.0. The average Bonchev–Trinajstić information content (AvgIpc) is 2.56. The third-order valence-electron chi connectivity index (χ3n) is 3.16. The molecule has 6 nitrogen and oxygen atoms in total. The Morgan fingerprint density at radius 1 is 1.09 bits per heavy atom. The molecular formula is C17H20N4O2. The molecule has 0 saturated heterocycles. The lowest BCUT2D eigenvalue weighted by molar-refractivity contribution is -0.116. The summed E-state index contributed by atoms with van der Waals surface area (Å²) in [4.78, 5) is 29.8. The molecule has 1 heterocycles. The highest BCUT2D eigenvalue weighted by Crippen LogP contribution is 2.11. The van der Waals surface area contributed by atoms with E-state index in [9.17, 15) is 9.59 Å². The highest BCUT2D eigenvalue weighted by Gasteiger charge is 2.07. The van der Waals surface area contributed by atoms with Gasteiger partial charge in [-0.05, 0) is 24.3 Å². The summed E-state index contributed by atoms with van der Waals surface area (Å²) in [5.41, 5.74) is 1.21. The fraction of sp³-hybridized carbons (Fsp3) is 0.235. The van der Waals surface area contributed by atoms with Gasteiger partial charge in [-0.15, -0.1) is 0 Å². The van der Waals surface area contributed by atoms with Crippen molar-refractivity contribution in [3.05, 3.63) is 54.2 Å². The van der Waals surface area contributed by atoms with E-state index < -0.39 is 0 Å². The standard InChI is InChI=1S/C17H20N4O2/c1-21(2)15-9-8-14(12-19-15)20-16(22)10-11-18-17(23)13-6-4-3-5-7-13/h3-9,12H,10-11H2,1-2H3,(H,18,23)(H,20,22). The first-order valence-corrected chi connectivity index (χ1v) is 7.33. The van der Waals surface area contributed by atoms with Crippen LogP contribution < -0.4 is 15.5 Å². The van der Waals surface area contributed by atoms with Gasteiger partial charge in [-0.3, -0.25) is 9.59 Å². The maximum Gasteiger partial charge on any atom is 0.251 e. The SMILES string of the molecule is CN(C)c1ccc(NC(=O)CCNC(=O)c2ccccc2)cn1. The molecule has 1 aromatic carbocycles. The van der Waals surface area contributed by atoms with Crippen molar-refractivity contribution < 1.29 is 9.59 Å². The van der Waals surface area contributed by atoms with E-state index >= 15 is 0 Å². The van der Waals surface area contributed by atoms with Gasteiger partial charge in [0.25, 0.3) is 5.91 Å². The van der Waals surface area contributed by atoms with Gasteiger partial charge >= 0.3 is 0 Å². The molecule has 0 aliphatic rings. The molecule has 2 N–H and O–H groups in total. The summed E-state index contributed by atoms with van der Waals surface area (Å²) in [5, 5.41) is 5.47. The molecule has 0 unspecified atom stereocenters. The number of carbonyl (C=O) groups excluding carboxylic acids is 2. The maximum absolute atomic E-state index is 11.8. The fourth-order valence-electron chi connectivity index (χ4n) is 1.93.